The van der Waals surface area contributed by atoms with Gasteiger partial charge in [0.05, 0.1) is 22.5 Å². The van der Waals surface area contributed by atoms with Crippen molar-refractivity contribution in [2.24, 2.45) is 5.92 Å². The van der Waals surface area contributed by atoms with Crippen LogP contribution in [-0.2, 0) is 27.9 Å². The summed E-state index contributed by atoms with van der Waals surface area (Å²) in [5.74, 6) is 1.36. The number of hydrogen-bond acceptors (Lipinski definition) is 5. The molecule has 188 valence electrons. The lowest BCUT2D eigenvalue weighted by atomic mass is 9.95. The van der Waals surface area contributed by atoms with E-state index >= 15 is 0 Å². The van der Waals surface area contributed by atoms with Crippen LogP contribution in [0.2, 0.25) is 0 Å². The average molecular weight is 490 g/mol. The molecule has 4 rings (SSSR count). The number of sulfonamides is 1. The molecule has 2 saturated heterocycles. The number of amides is 1. The van der Waals surface area contributed by atoms with Gasteiger partial charge in [-0.25, -0.2) is 13.4 Å². The summed E-state index contributed by atoms with van der Waals surface area (Å²) in [6, 6.07) is 5.37. The van der Waals surface area contributed by atoms with Crippen LogP contribution in [0.5, 0.6) is 0 Å². The van der Waals surface area contributed by atoms with Crippen molar-refractivity contribution >= 4 is 27.0 Å². The quantitative estimate of drug-likeness (QED) is 0.568. The average Bonchev–Trinajstić information content (AvgIpc) is 3.21. The van der Waals surface area contributed by atoms with Gasteiger partial charge in [0.15, 0.2) is 0 Å². The highest BCUT2D eigenvalue weighted by atomic mass is 32.2. The van der Waals surface area contributed by atoms with Crippen LogP contribution in [0.25, 0.3) is 11.0 Å². The predicted octanol–water partition coefficient (Wildman–Crippen LogP) is 3.31. The van der Waals surface area contributed by atoms with Crippen LogP contribution in [-0.4, -0.2) is 77.2 Å². The van der Waals surface area contributed by atoms with Crippen LogP contribution >= 0.6 is 0 Å². The SMILES string of the molecule is CCN(CC)C(=O)C1CCN(Cc2nc3cc(S(=O)(=O)N4CCCCC4)ccc3n2CC)CC1. The number of aromatic nitrogens is 2. The zero-order valence-electron chi connectivity index (χ0n) is 20.9. The Morgan fingerprint density at radius 2 is 1.71 bits per heavy atom. The molecule has 1 aromatic carbocycles. The summed E-state index contributed by atoms with van der Waals surface area (Å²) in [6.07, 6.45) is 4.69. The second-order valence-corrected chi connectivity index (χ2v) is 11.4. The summed E-state index contributed by atoms with van der Waals surface area (Å²) >= 11 is 0. The molecule has 3 heterocycles. The third-order valence-electron chi connectivity index (χ3n) is 7.44. The normalized spacial score (nSPS) is 19.0. The maximum Gasteiger partial charge on any atom is 0.243 e. The fourth-order valence-corrected chi connectivity index (χ4v) is 6.92. The van der Waals surface area contributed by atoms with Crippen LogP contribution < -0.4 is 0 Å². The second kappa shape index (κ2) is 10.7. The molecule has 0 aliphatic carbocycles. The van der Waals surface area contributed by atoms with E-state index < -0.39 is 10.0 Å². The van der Waals surface area contributed by atoms with Crippen molar-refractivity contribution in [3.05, 3.63) is 24.0 Å². The maximum atomic E-state index is 13.1. The van der Waals surface area contributed by atoms with Crippen molar-refractivity contribution in [1.82, 2.24) is 23.7 Å². The number of carbonyl (C=O) groups excluding carboxylic acids is 1. The molecule has 0 radical (unpaired) electrons. The smallest absolute Gasteiger partial charge is 0.243 e. The molecule has 0 unspecified atom stereocenters. The Bertz CT molecular complexity index is 1100. The number of rotatable bonds is 8. The molecular formula is C25H39N5O3S. The van der Waals surface area contributed by atoms with Crippen molar-refractivity contribution < 1.29 is 13.2 Å². The number of imidazole rings is 1. The predicted molar refractivity (Wildman–Crippen MR) is 134 cm³/mol. The first-order valence-electron chi connectivity index (χ1n) is 12.9. The van der Waals surface area contributed by atoms with E-state index in [1.807, 2.05) is 24.8 Å². The molecule has 9 heteroatoms. The first kappa shape index (κ1) is 25.1. The van der Waals surface area contributed by atoms with Crippen LogP contribution in [0.3, 0.4) is 0 Å². The zero-order chi connectivity index (χ0) is 24.3. The highest BCUT2D eigenvalue weighted by Gasteiger charge is 2.29. The fourth-order valence-electron chi connectivity index (χ4n) is 5.38. The Balaban J connectivity index is 1.49. The van der Waals surface area contributed by atoms with Crippen LogP contribution in [0, 0.1) is 5.92 Å². The third-order valence-corrected chi connectivity index (χ3v) is 9.34. The largest absolute Gasteiger partial charge is 0.343 e. The van der Waals surface area contributed by atoms with E-state index in [0.29, 0.717) is 24.5 Å². The first-order valence-corrected chi connectivity index (χ1v) is 14.3. The van der Waals surface area contributed by atoms with Crippen molar-refractivity contribution in [2.75, 3.05) is 39.3 Å². The van der Waals surface area contributed by atoms with E-state index in [0.717, 1.165) is 81.7 Å². The Hall–Kier alpha value is -1.97. The van der Waals surface area contributed by atoms with Gasteiger partial charge in [-0.05, 0) is 77.7 Å². The topological polar surface area (TPSA) is 78.8 Å². The molecule has 2 aliphatic heterocycles. The lowest BCUT2D eigenvalue weighted by Gasteiger charge is -2.33. The first-order chi connectivity index (χ1) is 16.4. The van der Waals surface area contributed by atoms with Crippen LogP contribution in [0.4, 0.5) is 0 Å². The molecule has 8 nitrogen and oxygen atoms in total. The molecular weight excluding hydrogens is 450 g/mol. The monoisotopic (exact) mass is 489 g/mol. The number of carbonyl (C=O) groups is 1. The van der Waals surface area contributed by atoms with Crippen molar-refractivity contribution in [1.29, 1.82) is 0 Å². The number of piperidine rings is 2. The molecule has 0 atom stereocenters. The molecule has 34 heavy (non-hydrogen) atoms. The van der Waals surface area contributed by atoms with Crippen molar-refractivity contribution in [2.45, 2.75) is 70.9 Å². The number of hydrogen-bond donors (Lipinski definition) is 0. The molecule has 0 bridgehead atoms. The van der Waals surface area contributed by atoms with Gasteiger partial charge >= 0.3 is 0 Å². The Labute approximate surface area is 204 Å². The summed E-state index contributed by atoms with van der Waals surface area (Å²) in [6.45, 7) is 12.1. The van der Waals surface area contributed by atoms with Gasteiger partial charge in [-0.3, -0.25) is 9.69 Å². The minimum absolute atomic E-state index is 0.115. The van der Waals surface area contributed by atoms with E-state index in [-0.39, 0.29) is 11.8 Å². The van der Waals surface area contributed by atoms with Gasteiger partial charge < -0.3 is 9.47 Å². The van der Waals surface area contributed by atoms with E-state index in [4.69, 9.17) is 4.98 Å². The number of aryl methyl sites for hydroxylation is 1. The molecule has 0 spiro atoms. The maximum absolute atomic E-state index is 13.1. The van der Waals surface area contributed by atoms with Crippen LogP contribution in [0.1, 0.15) is 58.7 Å². The highest BCUT2D eigenvalue weighted by molar-refractivity contribution is 7.89. The van der Waals surface area contributed by atoms with Gasteiger partial charge in [-0.15, -0.1) is 0 Å². The van der Waals surface area contributed by atoms with E-state index in [1.54, 1.807) is 16.4 Å². The summed E-state index contributed by atoms with van der Waals surface area (Å²) in [5, 5.41) is 0. The number of benzene rings is 1. The van der Waals surface area contributed by atoms with Crippen molar-refractivity contribution in [3.63, 3.8) is 0 Å². The minimum atomic E-state index is -3.48. The summed E-state index contributed by atoms with van der Waals surface area (Å²) in [4.78, 5) is 22.2. The van der Waals surface area contributed by atoms with Gasteiger partial charge in [0.25, 0.3) is 0 Å². The molecule has 1 aromatic heterocycles. The fraction of sp³-hybridized carbons (Fsp3) is 0.680. The Kier molecular flexibility index (Phi) is 7.94. The van der Waals surface area contributed by atoms with Gasteiger partial charge in [-0.2, -0.15) is 4.31 Å². The summed E-state index contributed by atoms with van der Waals surface area (Å²) in [7, 11) is -3.48. The summed E-state index contributed by atoms with van der Waals surface area (Å²) < 4.78 is 30.1. The minimum Gasteiger partial charge on any atom is -0.343 e. The zero-order valence-corrected chi connectivity index (χ0v) is 21.7. The van der Waals surface area contributed by atoms with Gasteiger partial charge in [0.2, 0.25) is 15.9 Å². The molecule has 1 amide bonds. The third kappa shape index (κ3) is 5.02. The molecule has 2 aromatic rings. The molecule has 0 N–H and O–H groups in total. The summed E-state index contributed by atoms with van der Waals surface area (Å²) in [5.41, 5.74) is 1.71. The number of likely N-dealkylation sites (tertiary alicyclic amines) is 1. The van der Waals surface area contributed by atoms with E-state index in [2.05, 4.69) is 16.4 Å². The van der Waals surface area contributed by atoms with Gasteiger partial charge in [-0.1, -0.05) is 6.42 Å². The lowest BCUT2D eigenvalue weighted by molar-refractivity contribution is -0.136. The van der Waals surface area contributed by atoms with Crippen LogP contribution in [0.15, 0.2) is 23.1 Å². The molecule has 2 fully saturated rings. The standard InChI is InChI=1S/C25H39N5O3S/c1-4-28(5-2)25(31)20-12-16-27(17-13-20)19-24-26-22-18-21(10-11-23(22)30(24)6-3)34(32,33)29-14-8-7-9-15-29/h10-11,18,20H,4-9,12-17,19H2,1-3H3. The number of fused-ring (bicyclic) bond motifs is 1. The van der Waals surface area contributed by atoms with Gasteiger partial charge in [0.1, 0.15) is 5.82 Å². The lowest BCUT2D eigenvalue weighted by Crippen LogP contribution is -2.42. The molecule has 2 aliphatic rings. The Morgan fingerprint density at radius 3 is 2.32 bits per heavy atom. The van der Waals surface area contributed by atoms with E-state index in [1.165, 1.54) is 0 Å². The van der Waals surface area contributed by atoms with E-state index in [9.17, 15) is 13.2 Å². The molecule has 0 saturated carbocycles. The Morgan fingerprint density at radius 1 is 1.03 bits per heavy atom. The highest BCUT2D eigenvalue weighted by Crippen LogP contribution is 2.27. The number of nitrogens with zero attached hydrogens (tertiary/aromatic N) is 5. The van der Waals surface area contributed by atoms with Gasteiger partial charge in [0, 0.05) is 38.6 Å². The van der Waals surface area contributed by atoms with Crippen molar-refractivity contribution in [3.8, 4) is 0 Å². The second-order valence-electron chi connectivity index (χ2n) is 9.45.